The van der Waals surface area contributed by atoms with Crippen LogP contribution in [0.1, 0.15) is 28.9 Å². The Morgan fingerprint density at radius 1 is 1.21 bits per heavy atom. The average Bonchev–Trinajstić information content (AvgIpc) is 3.10. The molecule has 0 bridgehead atoms. The monoisotopic (exact) mass is 382 g/mol. The van der Waals surface area contributed by atoms with Crippen molar-refractivity contribution in [3.05, 3.63) is 47.5 Å². The fraction of sp³-hybridized carbons (Fsp3) is 0.316. The number of carbonyl (C=O) groups is 2. The summed E-state index contributed by atoms with van der Waals surface area (Å²) in [5, 5.41) is 7.00. The average molecular weight is 382 g/mol. The molecule has 0 unspecified atom stereocenters. The molecule has 0 saturated carbocycles. The summed E-state index contributed by atoms with van der Waals surface area (Å²) in [4.78, 5) is 35.1. The van der Waals surface area contributed by atoms with Gasteiger partial charge in [0, 0.05) is 29.7 Å². The van der Waals surface area contributed by atoms with Gasteiger partial charge in [-0.15, -0.1) is 5.10 Å². The summed E-state index contributed by atoms with van der Waals surface area (Å²) < 4.78 is 6.66. The molecule has 3 rings (SSSR count). The van der Waals surface area contributed by atoms with E-state index in [2.05, 4.69) is 20.4 Å². The smallest absolute Gasteiger partial charge is 0.294 e. The lowest BCUT2D eigenvalue weighted by Crippen LogP contribution is -2.38. The summed E-state index contributed by atoms with van der Waals surface area (Å²) in [5.74, 6) is 0.256. The van der Waals surface area contributed by atoms with Gasteiger partial charge >= 0.3 is 0 Å². The first-order valence-electron chi connectivity index (χ1n) is 8.85. The van der Waals surface area contributed by atoms with E-state index < -0.39 is 5.91 Å². The second kappa shape index (κ2) is 8.03. The van der Waals surface area contributed by atoms with Crippen LogP contribution in [0, 0.1) is 13.8 Å². The molecule has 0 aliphatic carbocycles. The van der Waals surface area contributed by atoms with Gasteiger partial charge in [-0.05, 0) is 39.0 Å². The highest BCUT2D eigenvalue weighted by Gasteiger charge is 2.22. The third kappa shape index (κ3) is 4.08. The summed E-state index contributed by atoms with van der Waals surface area (Å²) in [6, 6.07) is 8.87. The Balaban J connectivity index is 1.74. The van der Waals surface area contributed by atoms with Crippen LogP contribution in [0.15, 0.2) is 30.3 Å². The topological polar surface area (TPSA) is 102 Å². The highest BCUT2D eigenvalue weighted by Crippen LogP contribution is 2.16. The van der Waals surface area contributed by atoms with Gasteiger partial charge in [0.2, 0.25) is 11.7 Å². The Hall–Kier alpha value is -3.49. The molecule has 1 N–H and O–H groups in total. The molecular formula is C19H22N6O3. The van der Waals surface area contributed by atoms with E-state index >= 15 is 0 Å². The number of nitrogens with one attached hydrogen (secondary N) is 1. The first kappa shape index (κ1) is 19.3. The molecule has 0 radical (unpaired) electrons. The molecule has 0 aliphatic rings. The Morgan fingerprint density at radius 2 is 2.00 bits per heavy atom. The number of likely N-dealkylation sites (N-methyl/N-ethyl adjacent to an activating group) is 1. The quantitative estimate of drug-likeness (QED) is 0.698. The SMILES string of the molecule is CCN(CC(=O)Nc1cccc(OC)c1)C(=O)c1nc2nc(C)cc(C)n2n1. The van der Waals surface area contributed by atoms with Crippen molar-refractivity contribution in [2.24, 2.45) is 0 Å². The van der Waals surface area contributed by atoms with E-state index in [0.29, 0.717) is 23.8 Å². The van der Waals surface area contributed by atoms with Crippen molar-refractivity contribution < 1.29 is 14.3 Å². The lowest BCUT2D eigenvalue weighted by atomic mass is 10.3. The highest BCUT2D eigenvalue weighted by molar-refractivity contribution is 5.97. The molecule has 2 amide bonds. The summed E-state index contributed by atoms with van der Waals surface area (Å²) in [6.07, 6.45) is 0. The Kier molecular flexibility index (Phi) is 5.53. The number of aromatic nitrogens is 4. The number of hydrogen-bond acceptors (Lipinski definition) is 6. The van der Waals surface area contributed by atoms with Crippen LogP contribution in [0.5, 0.6) is 5.75 Å². The molecule has 0 atom stereocenters. The van der Waals surface area contributed by atoms with Crippen LogP contribution in [-0.4, -0.2) is 56.5 Å². The number of hydrogen-bond donors (Lipinski definition) is 1. The zero-order valence-electron chi connectivity index (χ0n) is 16.3. The van der Waals surface area contributed by atoms with Crippen LogP contribution in [0.25, 0.3) is 5.78 Å². The minimum Gasteiger partial charge on any atom is -0.497 e. The minimum atomic E-state index is -0.425. The summed E-state index contributed by atoms with van der Waals surface area (Å²) >= 11 is 0. The van der Waals surface area contributed by atoms with Gasteiger partial charge in [-0.3, -0.25) is 9.59 Å². The number of anilines is 1. The Labute approximate surface area is 162 Å². The maximum absolute atomic E-state index is 12.8. The normalized spacial score (nSPS) is 10.7. The molecule has 1 aromatic carbocycles. The summed E-state index contributed by atoms with van der Waals surface area (Å²) in [7, 11) is 1.55. The molecule has 28 heavy (non-hydrogen) atoms. The second-order valence-electron chi connectivity index (χ2n) is 6.29. The van der Waals surface area contributed by atoms with Crippen molar-refractivity contribution in [2.75, 3.05) is 25.5 Å². The number of methoxy groups -OCH3 is 1. The molecule has 3 aromatic rings. The fourth-order valence-electron chi connectivity index (χ4n) is 2.80. The first-order chi connectivity index (χ1) is 13.4. The van der Waals surface area contributed by atoms with E-state index in [-0.39, 0.29) is 18.3 Å². The molecule has 2 aromatic heterocycles. The first-order valence-corrected chi connectivity index (χ1v) is 8.85. The van der Waals surface area contributed by atoms with Crippen molar-refractivity contribution in [1.82, 2.24) is 24.5 Å². The van der Waals surface area contributed by atoms with Crippen LogP contribution >= 0.6 is 0 Å². The van der Waals surface area contributed by atoms with E-state index in [0.717, 1.165) is 11.4 Å². The predicted molar refractivity (Wildman–Crippen MR) is 103 cm³/mol. The van der Waals surface area contributed by atoms with Gasteiger partial charge in [0.15, 0.2) is 0 Å². The van der Waals surface area contributed by atoms with Gasteiger partial charge in [-0.2, -0.15) is 4.98 Å². The number of carbonyl (C=O) groups excluding carboxylic acids is 2. The van der Waals surface area contributed by atoms with Crippen LogP contribution in [-0.2, 0) is 4.79 Å². The van der Waals surface area contributed by atoms with Crippen molar-refractivity contribution in [1.29, 1.82) is 0 Å². The van der Waals surface area contributed by atoms with Gasteiger partial charge in [-0.1, -0.05) is 6.07 Å². The largest absolute Gasteiger partial charge is 0.497 e. The van der Waals surface area contributed by atoms with Gasteiger partial charge in [0.25, 0.3) is 11.7 Å². The molecule has 0 spiro atoms. The zero-order chi connectivity index (χ0) is 20.3. The summed E-state index contributed by atoms with van der Waals surface area (Å²) in [5.41, 5.74) is 2.21. The number of aryl methyl sites for hydroxylation is 2. The van der Waals surface area contributed by atoms with Crippen LogP contribution < -0.4 is 10.1 Å². The zero-order valence-corrected chi connectivity index (χ0v) is 16.3. The molecule has 146 valence electrons. The lowest BCUT2D eigenvalue weighted by molar-refractivity contribution is -0.116. The van der Waals surface area contributed by atoms with Gasteiger partial charge in [0.1, 0.15) is 12.3 Å². The maximum Gasteiger partial charge on any atom is 0.294 e. The van der Waals surface area contributed by atoms with Crippen LogP contribution in [0.3, 0.4) is 0 Å². The number of ether oxygens (including phenoxy) is 1. The number of fused-ring (bicyclic) bond motifs is 1. The van der Waals surface area contributed by atoms with E-state index in [1.54, 1.807) is 38.3 Å². The number of amides is 2. The third-order valence-electron chi connectivity index (χ3n) is 4.17. The van der Waals surface area contributed by atoms with Crippen molar-refractivity contribution >= 4 is 23.3 Å². The lowest BCUT2D eigenvalue weighted by Gasteiger charge is -2.18. The second-order valence-corrected chi connectivity index (χ2v) is 6.29. The third-order valence-corrected chi connectivity index (χ3v) is 4.17. The molecule has 0 saturated heterocycles. The van der Waals surface area contributed by atoms with Gasteiger partial charge in [-0.25, -0.2) is 9.50 Å². The molecular weight excluding hydrogens is 360 g/mol. The molecule has 2 heterocycles. The van der Waals surface area contributed by atoms with Crippen LogP contribution in [0.2, 0.25) is 0 Å². The number of rotatable bonds is 6. The van der Waals surface area contributed by atoms with E-state index in [9.17, 15) is 9.59 Å². The molecule has 0 fully saturated rings. The van der Waals surface area contributed by atoms with Crippen molar-refractivity contribution in [3.63, 3.8) is 0 Å². The van der Waals surface area contributed by atoms with E-state index in [4.69, 9.17) is 4.74 Å². The molecule has 9 nitrogen and oxygen atoms in total. The number of nitrogens with zero attached hydrogens (tertiary/aromatic N) is 5. The van der Waals surface area contributed by atoms with Crippen molar-refractivity contribution in [2.45, 2.75) is 20.8 Å². The molecule has 0 aliphatic heterocycles. The highest BCUT2D eigenvalue weighted by atomic mass is 16.5. The Bertz CT molecular complexity index is 1030. The standard InChI is InChI=1S/C19H22N6O3/c1-5-24(11-16(26)21-14-7-6-8-15(10-14)28-4)18(27)17-22-19-20-12(2)9-13(3)25(19)23-17/h6-10H,5,11H2,1-4H3,(H,21,26). The maximum atomic E-state index is 12.8. The van der Waals surface area contributed by atoms with Gasteiger partial charge in [0.05, 0.1) is 7.11 Å². The van der Waals surface area contributed by atoms with E-state index in [1.165, 1.54) is 9.42 Å². The number of benzene rings is 1. The summed E-state index contributed by atoms with van der Waals surface area (Å²) in [6.45, 7) is 5.73. The van der Waals surface area contributed by atoms with Crippen LogP contribution in [0.4, 0.5) is 5.69 Å². The van der Waals surface area contributed by atoms with E-state index in [1.807, 2.05) is 19.9 Å². The molecule has 9 heteroatoms. The Morgan fingerprint density at radius 3 is 2.71 bits per heavy atom. The fourth-order valence-corrected chi connectivity index (χ4v) is 2.80. The van der Waals surface area contributed by atoms with Gasteiger partial charge < -0.3 is 15.0 Å². The predicted octanol–water partition coefficient (Wildman–Crippen LogP) is 1.85. The minimum absolute atomic E-state index is 0.0113. The van der Waals surface area contributed by atoms with Crippen molar-refractivity contribution in [3.8, 4) is 5.75 Å².